The van der Waals surface area contributed by atoms with Gasteiger partial charge in [-0.3, -0.25) is 9.59 Å². The molecule has 1 aliphatic rings. The molecule has 2 aromatic carbocycles. The van der Waals surface area contributed by atoms with Crippen molar-refractivity contribution in [2.45, 2.75) is 44.1 Å². The molecule has 3 rings (SSSR count). The van der Waals surface area contributed by atoms with Gasteiger partial charge in [-0.15, -0.1) is 4.91 Å². The predicted octanol–water partition coefficient (Wildman–Crippen LogP) is 2.07. The fourth-order valence-corrected chi connectivity index (χ4v) is 3.96. The zero-order chi connectivity index (χ0) is 22.5. The number of carbonyl (C=O) groups excluding carboxylic acids is 2. The van der Waals surface area contributed by atoms with Crippen LogP contribution in [0.15, 0.2) is 58.2 Å². The number of nitrogens with zero attached hydrogens (tertiary/aromatic N) is 2. The molecule has 0 fully saturated rings. The van der Waals surface area contributed by atoms with Crippen LogP contribution < -0.4 is 5.32 Å². The summed E-state index contributed by atoms with van der Waals surface area (Å²) >= 11 is 3.34. The molecule has 2 amide bonds. The zero-order valence-electron chi connectivity index (χ0n) is 16.9. The topological polar surface area (TPSA) is 119 Å². The van der Waals surface area contributed by atoms with E-state index in [1.54, 1.807) is 19.1 Å². The van der Waals surface area contributed by atoms with E-state index in [9.17, 15) is 24.7 Å². The van der Waals surface area contributed by atoms with Crippen molar-refractivity contribution in [2.24, 2.45) is 5.18 Å². The Labute approximate surface area is 188 Å². The first-order valence-electron chi connectivity index (χ1n) is 9.90. The molecule has 0 aromatic heterocycles. The normalized spacial score (nSPS) is 18.5. The maximum absolute atomic E-state index is 13.0. The molecule has 0 saturated carbocycles. The lowest BCUT2D eigenvalue weighted by Gasteiger charge is -2.37. The van der Waals surface area contributed by atoms with Gasteiger partial charge in [-0.1, -0.05) is 57.5 Å². The Balaban J connectivity index is 1.72. The summed E-state index contributed by atoms with van der Waals surface area (Å²) < 4.78 is 0.882. The molecule has 0 radical (unpaired) electrons. The Morgan fingerprint density at radius 1 is 1.19 bits per heavy atom. The van der Waals surface area contributed by atoms with E-state index in [1.165, 1.54) is 4.90 Å². The van der Waals surface area contributed by atoms with Crippen LogP contribution in [0.5, 0.6) is 0 Å². The average Bonchev–Trinajstić information content (AvgIpc) is 2.78. The third-order valence-electron chi connectivity index (χ3n) is 5.51. The van der Waals surface area contributed by atoms with E-state index in [0.29, 0.717) is 6.42 Å². The number of fused-ring (bicyclic) bond motifs is 1. The number of amides is 2. The predicted molar refractivity (Wildman–Crippen MR) is 118 cm³/mol. The van der Waals surface area contributed by atoms with Crippen molar-refractivity contribution >= 4 is 27.7 Å². The number of aliphatic hydroxyl groups excluding tert-OH is 2. The fourth-order valence-electron chi connectivity index (χ4n) is 3.69. The molecule has 0 spiro atoms. The van der Waals surface area contributed by atoms with Gasteiger partial charge in [0.25, 0.3) is 11.8 Å². The maximum Gasteiger partial charge on any atom is 0.254 e. The highest BCUT2D eigenvalue weighted by Crippen LogP contribution is 2.25. The van der Waals surface area contributed by atoms with E-state index in [4.69, 9.17) is 0 Å². The number of hydrogen-bond donors (Lipinski definition) is 3. The van der Waals surface area contributed by atoms with Gasteiger partial charge in [0, 0.05) is 11.0 Å². The second-order valence-corrected chi connectivity index (χ2v) is 8.47. The molecule has 8 nitrogen and oxygen atoms in total. The number of halogens is 1. The van der Waals surface area contributed by atoms with Crippen LogP contribution in [-0.4, -0.2) is 51.7 Å². The summed E-state index contributed by atoms with van der Waals surface area (Å²) in [5.41, 5.74) is 2.68. The number of hydrogen-bond acceptors (Lipinski definition) is 6. The first kappa shape index (κ1) is 23.1. The van der Waals surface area contributed by atoms with E-state index >= 15 is 0 Å². The molecule has 0 bridgehead atoms. The van der Waals surface area contributed by atoms with Gasteiger partial charge < -0.3 is 20.4 Å². The second-order valence-electron chi connectivity index (χ2n) is 7.55. The molecular weight excluding hydrogens is 466 g/mol. The summed E-state index contributed by atoms with van der Waals surface area (Å²) in [4.78, 5) is 38.3. The van der Waals surface area contributed by atoms with Gasteiger partial charge in [-0.25, -0.2) is 0 Å². The SMILES string of the molecule is C[C@H](NC(=O)[C@H](O)[C@@H](N=O)C(=O)N1Cc2ccccc2C[C@@H]1CO)c1ccc(Br)cc1. The van der Waals surface area contributed by atoms with Gasteiger partial charge in [-0.2, -0.15) is 0 Å². The monoisotopic (exact) mass is 489 g/mol. The first-order valence-corrected chi connectivity index (χ1v) is 10.7. The summed E-state index contributed by atoms with van der Waals surface area (Å²) in [5, 5.41) is 25.6. The van der Waals surface area contributed by atoms with E-state index < -0.39 is 36.0 Å². The Kier molecular flexibility index (Phi) is 7.53. The molecule has 0 saturated heterocycles. The molecule has 9 heteroatoms. The Hall–Kier alpha value is -2.62. The Morgan fingerprint density at radius 2 is 1.84 bits per heavy atom. The maximum atomic E-state index is 13.0. The number of carbonyl (C=O) groups is 2. The minimum atomic E-state index is -1.94. The Bertz CT molecular complexity index is 952. The van der Waals surface area contributed by atoms with Crippen LogP contribution >= 0.6 is 15.9 Å². The van der Waals surface area contributed by atoms with Crippen molar-refractivity contribution < 1.29 is 19.8 Å². The van der Waals surface area contributed by atoms with Gasteiger partial charge >= 0.3 is 0 Å². The molecule has 164 valence electrons. The standard InChI is InChI=1S/C22H24BrN3O5/c1-13(14-6-8-17(23)9-7-14)24-21(29)20(28)19(25-31)22(30)26-11-16-5-3-2-4-15(16)10-18(26)12-27/h2-9,13,18-20,27-28H,10-12H2,1H3,(H,24,29)/t13-,18+,19+,20+/m0/s1. The third-order valence-corrected chi connectivity index (χ3v) is 6.04. The van der Waals surface area contributed by atoms with E-state index in [2.05, 4.69) is 26.4 Å². The van der Waals surface area contributed by atoms with Crippen molar-refractivity contribution in [1.29, 1.82) is 0 Å². The molecule has 1 heterocycles. The quantitative estimate of drug-likeness (QED) is 0.514. The van der Waals surface area contributed by atoms with Crippen molar-refractivity contribution in [3.8, 4) is 0 Å². The third kappa shape index (κ3) is 5.17. The number of aliphatic hydroxyl groups is 2. The van der Waals surface area contributed by atoms with Gasteiger partial charge in [-0.05, 0) is 42.2 Å². The molecule has 31 heavy (non-hydrogen) atoms. The fraction of sp³-hybridized carbons (Fsp3) is 0.364. The van der Waals surface area contributed by atoms with Gasteiger partial charge in [0.1, 0.15) is 0 Å². The number of nitroso groups, excluding NO2 is 1. The summed E-state index contributed by atoms with van der Waals surface area (Å²) in [6.07, 6.45) is -1.54. The van der Waals surface area contributed by atoms with Crippen LogP contribution in [0.4, 0.5) is 0 Å². The smallest absolute Gasteiger partial charge is 0.254 e. The molecule has 1 aliphatic heterocycles. The molecule has 2 aromatic rings. The average molecular weight is 490 g/mol. The van der Waals surface area contributed by atoms with Crippen LogP contribution in [0.2, 0.25) is 0 Å². The van der Waals surface area contributed by atoms with Gasteiger partial charge in [0.2, 0.25) is 6.04 Å². The molecule has 0 unspecified atom stereocenters. The summed E-state index contributed by atoms with van der Waals surface area (Å²) in [6.45, 7) is 1.58. The minimum Gasteiger partial charge on any atom is -0.394 e. The largest absolute Gasteiger partial charge is 0.394 e. The van der Waals surface area contributed by atoms with Crippen LogP contribution in [0.25, 0.3) is 0 Å². The Morgan fingerprint density at radius 3 is 2.45 bits per heavy atom. The second kappa shape index (κ2) is 10.1. The number of nitrogens with one attached hydrogen (secondary N) is 1. The van der Waals surface area contributed by atoms with Crippen molar-refractivity contribution in [3.05, 3.63) is 74.6 Å². The first-order chi connectivity index (χ1) is 14.8. The molecule has 0 aliphatic carbocycles. The molecular formula is C22H24BrN3O5. The summed E-state index contributed by atoms with van der Waals surface area (Å²) in [6, 6.07) is 11.9. The summed E-state index contributed by atoms with van der Waals surface area (Å²) in [5.74, 6) is -1.66. The highest BCUT2D eigenvalue weighted by Gasteiger charge is 2.40. The highest BCUT2D eigenvalue weighted by molar-refractivity contribution is 9.10. The van der Waals surface area contributed by atoms with E-state index in [-0.39, 0.29) is 13.2 Å². The zero-order valence-corrected chi connectivity index (χ0v) is 18.5. The van der Waals surface area contributed by atoms with E-state index in [0.717, 1.165) is 21.2 Å². The van der Waals surface area contributed by atoms with Crippen molar-refractivity contribution in [2.75, 3.05) is 6.61 Å². The highest BCUT2D eigenvalue weighted by atomic mass is 79.9. The van der Waals surface area contributed by atoms with E-state index in [1.807, 2.05) is 36.4 Å². The molecule has 4 atom stereocenters. The lowest BCUT2D eigenvalue weighted by Crippen LogP contribution is -2.54. The number of rotatable bonds is 7. The number of benzene rings is 2. The van der Waals surface area contributed by atoms with Crippen LogP contribution in [0, 0.1) is 4.91 Å². The van der Waals surface area contributed by atoms with Gasteiger partial charge in [0.15, 0.2) is 6.10 Å². The van der Waals surface area contributed by atoms with Crippen LogP contribution in [0.1, 0.15) is 29.7 Å². The molecule has 3 N–H and O–H groups in total. The summed E-state index contributed by atoms with van der Waals surface area (Å²) in [7, 11) is 0. The lowest BCUT2D eigenvalue weighted by molar-refractivity contribution is -0.145. The lowest BCUT2D eigenvalue weighted by atomic mass is 9.93. The van der Waals surface area contributed by atoms with Crippen LogP contribution in [-0.2, 0) is 22.6 Å². The minimum absolute atomic E-state index is 0.163. The van der Waals surface area contributed by atoms with Crippen molar-refractivity contribution in [3.63, 3.8) is 0 Å². The van der Waals surface area contributed by atoms with Crippen LogP contribution in [0.3, 0.4) is 0 Å². The van der Waals surface area contributed by atoms with Crippen molar-refractivity contribution in [1.82, 2.24) is 10.2 Å². The van der Waals surface area contributed by atoms with Gasteiger partial charge in [0.05, 0.1) is 18.7 Å².